The number of H-pyrrole nitrogens is 1. The van der Waals surface area contributed by atoms with Gasteiger partial charge in [-0.05, 0) is 18.2 Å². The summed E-state index contributed by atoms with van der Waals surface area (Å²) in [5.41, 5.74) is 8.80. The molecular weight excluding hydrogens is 281 g/mol. The maximum Gasteiger partial charge on any atom is 0.129 e. The molecule has 3 N–H and O–H groups in total. The van der Waals surface area contributed by atoms with Gasteiger partial charge in [0, 0.05) is 24.4 Å². The van der Waals surface area contributed by atoms with Crippen molar-refractivity contribution in [1.82, 2.24) is 20.0 Å². The zero-order valence-corrected chi connectivity index (χ0v) is 11.3. The molecule has 0 radical (unpaired) electrons. The van der Waals surface area contributed by atoms with Crippen LogP contribution in [0.25, 0.3) is 22.4 Å². The number of aromatic nitrogens is 4. The number of nitrogens with two attached hydrogens (primary N) is 1. The summed E-state index contributed by atoms with van der Waals surface area (Å²) in [5, 5.41) is 11.3. The minimum Gasteiger partial charge on any atom is -0.383 e. The lowest BCUT2D eigenvalue weighted by Crippen LogP contribution is -1.98. The SMILES string of the molecule is Cn1nc(-c2cn[nH]c2)c(-c2ccc(F)cc2Cl)c1N. The summed E-state index contributed by atoms with van der Waals surface area (Å²) >= 11 is 6.12. The predicted octanol–water partition coefficient (Wildman–Crippen LogP) is 2.85. The molecule has 0 fully saturated rings. The standard InChI is InChI=1S/C13H11ClFN5/c1-20-13(16)11(9-3-2-8(15)4-10(9)14)12(19-20)7-5-17-18-6-7/h2-6H,16H2,1H3,(H,17,18). The Morgan fingerprint density at radius 2 is 2.20 bits per heavy atom. The molecule has 0 bridgehead atoms. The van der Waals surface area contributed by atoms with Gasteiger partial charge in [0.25, 0.3) is 0 Å². The van der Waals surface area contributed by atoms with Crippen molar-refractivity contribution in [1.29, 1.82) is 0 Å². The molecule has 3 aromatic rings. The lowest BCUT2D eigenvalue weighted by molar-refractivity contribution is 0.628. The summed E-state index contributed by atoms with van der Waals surface area (Å²) in [6.45, 7) is 0. The molecule has 0 aliphatic heterocycles. The number of nitrogens with one attached hydrogen (secondary N) is 1. The first-order valence-electron chi connectivity index (χ1n) is 5.85. The van der Waals surface area contributed by atoms with Crippen LogP contribution in [0.15, 0.2) is 30.6 Å². The first-order chi connectivity index (χ1) is 9.58. The number of aryl methyl sites for hydroxylation is 1. The summed E-state index contributed by atoms with van der Waals surface area (Å²) in [6, 6.07) is 4.18. The molecule has 102 valence electrons. The zero-order chi connectivity index (χ0) is 14.3. The van der Waals surface area contributed by atoms with Gasteiger partial charge in [0.1, 0.15) is 17.3 Å². The molecule has 0 spiro atoms. The molecule has 0 unspecified atom stereocenters. The van der Waals surface area contributed by atoms with E-state index in [1.165, 1.54) is 12.1 Å². The molecule has 20 heavy (non-hydrogen) atoms. The monoisotopic (exact) mass is 291 g/mol. The molecule has 5 nitrogen and oxygen atoms in total. The third-order valence-corrected chi connectivity index (χ3v) is 3.38. The van der Waals surface area contributed by atoms with Gasteiger partial charge in [0.05, 0.1) is 16.8 Å². The molecule has 1 aromatic carbocycles. The van der Waals surface area contributed by atoms with E-state index in [9.17, 15) is 4.39 Å². The quantitative estimate of drug-likeness (QED) is 0.762. The van der Waals surface area contributed by atoms with Gasteiger partial charge in [0.15, 0.2) is 0 Å². The Bertz CT molecular complexity index is 763. The topological polar surface area (TPSA) is 72.5 Å². The van der Waals surface area contributed by atoms with Gasteiger partial charge < -0.3 is 5.73 Å². The van der Waals surface area contributed by atoms with Crippen LogP contribution in [0, 0.1) is 5.82 Å². The molecule has 7 heteroatoms. The molecule has 3 rings (SSSR count). The van der Waals surface area contributed by atoms with Crippen molar-refractivity contribution in [3.05, 3.63) is 41.4 Å². The Balaban J connectivity index is 2.28. The van der Waals surface area contributed by atoms with E-state index in [1.54, 1.807) is 30.2 Å². The van der Waals surface area contributed by atoms with Crippen LogP contribution < -0.4 is 5.73 Å². The third kappa shape index (κ3) is 1.94. The fraction of sp³-hybridized carbons (Fsp3) is 0.0769. The largest absolute Gasteiger partial charge is 0.383 e. The van der Waals surface area contributed by atoms with Gasteiger partial charge in [-0.3, -0.25) is 9.78 Å². The van der Waals surface area contributed by atoms with Crippen LogP contribution in [-0.2, 0) is 7.05 Å². The van der Waals surface area contributed by atoms with Crippen molar-refractivity contribution in [2.24, 2.45) is 7.05 Å². The van der Waals surface area contributed by atoms with Crippen molar-refractivity contribution in [2.75, 3.05) is 5.73 Å². The average Bonchev–Trinajstić information content (AvgIpc) is 3.01. The third-order valence-electron chi connectivity index (χ3n) is 3.06. The average molecular weight is 292 g/mol. The Morgan fingerprint density at radius 1 is 1.40 bits per heavy atom. The van der Waals surface area contributed by atoms with Crippen LogP contribution in [0.1, 0.15) is 0 Å². The van der Waals surface area contributed by atoms with Crippen LogP contribution in [0.4, 0.5) is 10.2 Å². The van der Waals surface area contributed by atoms with E-state index < -0.39 is 5.82 Å². The molecule has 0 saturated carbocycles. The van der Waals surface area contributed by atoms with Gasteiger partial charge in [-0.2, -0.15) is 10.2 Å². The summed E-state index contributed by atoms with van der Waals surface area (Å²) in [7, 11) is 1.74. The summed E-state index contributed by atoms with van der Waals surface area (Å²) in [4.78, 5) is 0. The highest BCUT2D eigenvalue weighted by Gasteiger charge is 2.20. The van der Waals surface area contributed by atoms with Crippen molar-refractivity contribution in [2.45, 2.75) is 0 Å². The number of benzene rings is 1. The van der Waals surface area contributed by atoms with E-state index >= 15 is 0 Å². The lowest BCUT2D eigenvalue weighted by atomic mass is 10.0. The normalized spacial score (nSPS) is 10.9. The van der Waals surface area contributed by atoms with Gasteiger partial charge in [-0.25, -0.2) is 4.39 Å². The Morgan fingerprint density at radius 3 is 2.85 bits per heavy atom. The minimum absolute atomic E-state index is 0.287. The molecule has 2 heterocycles. The highest BCUT2D eigenvalue weighted by atomic mass is 35.5. The maximum atomic E-state index is 13.2. The highest BCUT2D eigenvalue weighted by Crippen LogP contribution is 2.39. The lowest BCUT2D eigenvalue weighted by Gasteiger charge is -2.05. The maximum absolute atomic E-state index is 13.2. The number of anilines is 1. The molecule has 0 saturated heterocycles. The second-order valence-corrected chi connectivity index (χ2v) is 4.75. The Hall–Kier alpha value is -2.34. The number of hydrogen-bond donors (Lipinski definition) is 2. The van der Waals surface area contributed by atoms with Crippen molar-refractivity contribution in [3.63, 3.8) is 0 Å². The Kier molecular flexibility index (Phi) is 2.94. The fourth-order valence-electron chi connectivity index (χ4n) is 2.08. The number of nitrogen functional groups attached to an aromatic ring is 1. The highest BCUT2D eigenvalue weighted by molar-refractivity contribution is 6.33. The minimum atomic E-state index is -0.397. The summed E-state index contributed by atoms with van der Waals surface area (Å²) in [6.07, 6.45) is 3.35. The molecular formula is C13H11ClFN5. The van der Waals surface area contributed by atoms with Gasteiger partial charge in [-0.15, -0.1) is 0 Å². The second kappa shape index (κ2) is 4.64. The van der Waals surface area contributed by atoms with Gasteiger partial charge in [0.2, 0.25) is 0 Å². The van der Waals surface area contributed by atoms with Gasteiger partial charge >= 0.3 is 0 Å². The molecule has 0 aliphatic carbocycles. The van der Waals surface area contributed by atoms with Crippen LogP contribution >= 0.6 is 11.6 Å². The summed E-state index contributed by atoms with van der Waals surface area (Å²) < 4.78 is 14.7. The van der Waals surface area contributed by atoms with E-state index in [0.29, 0.717) is 22.6 Å². The fourth-order valence-corrected chi connectivity index (χ4v) is 2.34. The molecule has 2 aromatic heterocycles. The Labute approximate surface area is 119 Å². The van der Waals surface area contributed by atoms with Crippen LogP contribution in [0.2, 0.25) is 5.02 Å². The number of halogens is 2. The van der Waals surface area contributed by atoms with Crippen molar-refractivity contribution >= 4 is 17.4 Å². The van der Waals surface area contributed by atoms with E-state index in [2.05, 4.69) is 15.3 Å². The summed E-state index contributed by atoms with van der Waals surface area (Å²) in [5.74, 6) is 0.0563. The van der Waals surface area contributed by atoms with Crippen molar-refractivity contribution < 1.29 is 4.39 Å². The van der Waals surface area contributed by atoms with Crippen LogP contribution in [0.5, 0.6) is 0 Å². The van der Waals surface area contributed by atoms with E-state index in [-0.39, 0.29) is 5.02 Å². The second-order valence-electron chi connectivity index (χ2n) is 4.34. The van der Waals surface area contributed by atoms with E-state index in [1.807, 2.05) is 0 Å². The first kappa shape index (κ1) is 12.7. The van der Waals surface area contributed by atoms with E-state index in [4.69, 9.17) is 17.3 Å². The number of aromatic amines is 1. The number of rotatable bonds is 2. The van der Waals surface area contributed by atoms with E-state index in [0.717, 1.165) is 5.56 Å². The molecule has 0 atom stereocenters. The smallest absolute Gasteiger partial charge is 0.129 e. The number of hydrogen-bond acceptors (Lipinski definition) is 3. The van der Waals surface area contributed by atoms with Crippen molar-refractivity contribution in [3.8, 4) is 22.4 Å². The zero-order valence-electron chi connectivity index (χ0n) is 10.6. The van der Waals surface area contributed by atoms with Crippen LogP contribution in [-0.4, -0.2) is 20.0 Å². The van der Waals surface area contributed by atoms with Gasteiger partial charge in [-0.1, -0.05) is 11.6 Å². The van der Waals surface area contributed by atoms with Crippen LogP contribution in [0.3, 0.4) is 0 Å². The molecule has 0 amide bonds. The molecule has 0 aliphatic rings. The predicted molar refractivity (Wildman–Crippen MR) is 75.6 cm³/mol. The first-order valence-corrected chi connectivity index (χ1v) is 6.22. The number of nitrogens with zero attached hydrogens (tertiary/aromatic N) is 3.